The van der Waals surface area contributed by atoms with Gasteiger partial charge in [-0.25, -0.2) is 14.5 Å². The largest absolute Gasteiger partial charge is 0.480 e. The number of nitrogens with zero attached hydrogens (tertiary/aromatic N) is 2. The number of imide groups is 1. The number of rotatable bonds is 7. The minimum atomic E-state index is -1.16. The van der Waals surface area contributed by atoms with E-state index in [1.807, 2.05) is 30.3 Å². The molecule has 2 aromatic carbocycles. The first kappa shape index (κ1) is 19.9. The number of benzene rings is 2. The lowest BCUT2D eigenvalue weighted by Gasteiger charge is -2.26. The normalized spacial score (nSPS) is 19.0. The molecule has 3 unspecified atom stereocenters. The van der Waals surface area contributed by atoms with Crippen LogP contribution in [0, 0.1) is 0 Å². The number of amides is 3. The summed E-state index contributed by atoms with van der Waals surface area (Å²) < 4.78 is 0. The number of hydrogen-bond donors (Lipinski definition) is 2. The van der Waals surface area contributed by atoms with E-state index >= 15 is 0 Å². The zero-order valence-corrected chi connectivity index (χ0v) is 16.3. The number of hydrogen-bond acceptors (Lipinski definition) is 4. The molecule has 6 nitrogen and oxygen atoms in total. The third-order valence-electron chi connectivity index (χ3n) is 4.90. The van der Waals surface area contributed by atoms with Crippen LogP contribution in [0.25, 0.3) is 0 Å². The van der Waals surface area contributed by atoms with Gasteiger partial charge >= 0.3 is 12.0 Å². The summed E-state index contributed by atoms with van der Waals surface area (Å²) in [7, 11) is 0. The van der Waals surface area contributed by atoms with Gasteiger partial charge in [-0.15, -0.1) is 0 Å². The van der Waals surface area contributed by atoms with Crippen molar-refractivity contribution in [1.29, 1.82) is 0 Å². The van der Waals surface area contributed by atoms with Crippen LogP contribution in [0.5, 0.6) is 0 Å². The minimum Gasteiger partial charge on any atom is -0.480 e. The molecule has 1 fully saturated rings. The Hall–Kier alpha value is -2.80. The van der Waals surface area contributed by atoms with E-state index in [0.29, 0.717) is 18.4 Å². The average molecular weight is 398 g/mol. The molecule has 0 aromatic heterocycles. The van der Waals surface area contributed by atoms with Crippen molar-refractivity contribution < 1.29 is 19.5 Å². The molecule has 7 heteroatoms. The van der Waals surface area contributed by atoms with Crippen LogP contribution in [-0.4, -0.2) is 44.2 Å². The number of carboxylic acids is 1. The topological polar surface area (TPSA) is 77.9 Å². The maximum absolute atomic E-state index is 13.1. The molecule has 1 aliphatic rings. The van der Waals surface area contributed by atoms with Crippen LogP contribution in [-0.2, 0) is 16.0 Å². The van der Waals surface area contributed by atoms with E-state index in [0.717, 1.165) is 15.4 Å². The summed E-state index contributed by atoms with van der Waals surface area (Å²) in [5, 5.41) is 8.80. The van der Waals surface area contributed by atoms with Gasteiger partial charge in [0.1, 0.15) is 12.1 Å². The van der Waals surface area contributed by atoms with Gasteiger partial charge in [0.05, 0.1) is 5.37 Å². The van der Waals surface area contributed by atoms with Crippen LogP contribution in [0.1, 0.15) is 30.5 Å². The standard InChI is InChI=1S/C21H22N2O4S/c1-14(20(25)26)22-18(16-10-6-3-7-11-16)19(24)23(21(22)27)17(28)13-12-15-8-4-2-5-9-15/h2-11,14,17-18,28H,12-13H2,1H3,(H,25,26). The number of carbonyl (C=O) groups is 3. The first-order valence-corrected chi connectivity index (χ1v) is 9.58. The molecule has 146 valence electrons. The molecule has 0 saturated carbocycles. The van der Waals surface area contributed by atoms with Crippen molar-refractivity contribution >= 4 is 30.5 Å². The summed E-state index contributed by atoms with van der Waals surface area (Å²) in [6, 6.07) is 15.7. The van der Waals surface area contributed by atoms with Crippen LogP contribution in [0.3, 0.4) is 0 Å². The van der Waals surface area contributed by atoms with Gasteiger partial charge in [0.25, 0.3) is 5.91 Å². The summed E-state index contributed by atoms with van der Waals surface area (Å²) in [5.41, 5.74) is 1.66. The van der Waals surface area contributed by atoms with Gasteiger partial charge in [0, 0.05) is 0 Å². The maximum atomic E-state index is 13.1. The zero-order chi connectivity index (χ0) is 20.3. The first-order valence-electron chi connectivity index (χ1n) is 9.07. The molecule has 1 aliphatic heterocycles. The Labute approximate surface area is 169 Å². The highest BCUT2D eigenvalue weighted by molar-refractivity contribution is 7.80. The van der Waals surface area contributed by atoms with Crippen LogP contribution in [0.15, 0.2) is 60.7 Å². The Morgan fingerprint density at radius 3 is 2.21 bits per heavy atom. The molecule has 3 rings (SSSR count). The quantitative estimate of drug-likeness (QED) is 0.554. The summed E-state index contributed by atoms with van der Waals surface area (Å²) >= 11 is 4.50. The molecule has 3 atom stereocenters. The van der Waals surface area contributed by atoms with Crippen LogP contribution >= 0.6 is 12.6 Å². The Kier molecular flexibility index (Phi) is 6.04. The fourth-order valence-electron chi connectivity index (χ4n) is 3.37. The summed E-state index contributed by atoms with van der Waals surface area (Å²) in [6.45, 7) is 1.41. The van der Waals surface area contributed by atoms with Crippen molar-refractivity contribution in [1.82, 2.24) is 9.80 Å². The van der Waals surface area contributed by atoms with Gasteiger partial charge in [-0.2, -0.15) is 12.6 Å². The van der Waals surface area contributed by atoms with E-state index in [2.05, 4.69) is 12.6 Å². The number of carboxylic acid groups (broad SMARTS) is 1. The number of urea groups is 1. The molecule has 0 spiro atoms. The van der Waals surface area contributed by atoms with Gasteiger partial charge in [-0.3, -0.25) is 9.69 Å². The molecule has 1 saturated heterocycles. The van der Waals surface area contributed by atoms with Crippen molar-refractivity contribution in [2.75, 3.05) is 0 Å². The van der Waals surface area contributed by atoms with E-state index in [-0.39, 0.29) is 0 Å². The molecule has 28 heavy (non-hydrogen) atoms. The Morgan fingerprint density at radius 2 is 1.64 bits per heavy atom. The zero-order valence-electron chi connectivity index (χ0n) is 15.4. The third kappa shape index (κ3) is 3.89. The van der Waals surface area contributed by atoms with Crippen molar-refractivity contribution in [3.8, 4) is 0 Å². The maximum Gasteiger partial charge on any atom is 0.329 e. The number of thiol groups is 1. The van der Waals surface area contributed by atoms with Gasteiger partial charge < -0.3 is 5.11 Å². The second-order valence-corrected chi connectivity index (χ2v) is 7.33. The third-order valence-corrected chi connectivity index (χ3v) is 5.39. The summed E-state index contributed by atoms with van der Waals surface area (Å²) in [6.07, 6.45) is 1.12. The average Bonchev–Trinajstić information content (AvgIpc) is 2.97. The number of aryl methyl sites for hydroxylation is 1. The van der Waals surface area contributed by atoms with Gasteiger partial charge in [-0.05, 0) is 30.9 Å². The molecule has 0 bridgehead atoms. The molecule has 1 N–H and O–H groups in total. The lowest BCUT2D eigenvalue weighted by Crippen LogP contribution is -2.44. The van der Waals surface area contributed by atoms with Crippen molar-refractivity contribution in [2.45, 2.75) is 37.2 Å². The van der Waals surface area contributed by atoms with Crippen molar-refractivity contribution in [3.63, 3.8) is 0 Å². The Bertz CT molecular complexity index is 859. The smallest absolute Gasteiger partial charge is 0.329 e. The molecular weight excluding hydrogens is 376 g/mol. The molecule has 2 aromatic rings. The van der Waals surface area contributed by atoms with Crippen LogP contribution in [0.2, 0.25) is 0 Å². The van der Waals surface area contributed by atoms with E-state index in [4.69, 9.17) is 0 Å². The first-order chi connectivity index (χ1) is 13.4. The van der Waals surface area contributed by atoms with E-state index in [1.165, 1.54) is 6.92 Å². The van der Waals surface area contributed by atoms with E-state index in [1.54, 1.807) is 30.3 Å². The second kappa shape index (κ2) is 8.48. The fourth-order valence-corrected chi connectivity index (χ4v) is 3.71. The molecule has 0 aliphatic carbocycles. The van der Waals surface area contributed by atoms with Gasteiger partial charge in [0.15, 0.2) is 0 Å². The molecule has 3 amide bonds. The molecule has 0 radical (unpaired) electrons. The van der Waals surface area contributed by atoms with Crippen LogP contribution < -0.4 is 0 Å². The van der Waals surface area contributed by atoms with Crippen LogP contribution in [0.4, 0.5) is 4.79 Å². The molecular formula is C21H22N2O4S. The van der Waals surface area contributed by atoms with Gasteiger partial charge in [-0.1, -0.05) is 60.7 Å². The SMILES string of the molecule is CC(C(=O)O)N1C(=O)N(C(S)CCc2ccccc2)C(=O)C1c1ccccc1. The van der Waals surface area contributed by atoms with Crippen molar-refractivity contribution in [3.05, 3.63) is 71.8 Å². The highest BCUT2D eigenvalue weighted by Gasteiger charge is 2.51. The highest BCUT2D eigenvalue weighted by atomic mass is 32.1. The number of aliphatic carboxylic acids is 1. The van der Waals surface area contributed by atoms with Crippen molar-refractivity contribution in [2.24, 2.45) is 0 Å². The predicted molar refractivity (Wildman–Crippen MR) is 108 cm³/mol. The van der Waals surface area contributed by atoms with Gasteiger partial charge in [0.2, 0.25) is 0 Å². The van der Waals surface area contributed by atoms with E-state index < -0.39 is 35.4 Å². The number of carbonyl (C=O) groups excluding carboxylic acids is 2. The lowest BCUT2D eigenvalue weighted by molar-refractivity contribution is -0.142. The highest BCUT2D eigenvalue weighted by Crippen LogP contribution is 2.35. The minimum absolute atomic E-state index is 0.447. The Balaban J connectivity index is 1.86. The Morgan fingerprint density at radius 1 is 1.07 bits per heavy atom. The van der Waals surface area contributed by atoms with E-state index in [9.17, 15) is 19.5 Å². The summed E-state index contributed by atoms with van der Waals surface area (Å²) in [4.78, 5) is 39.9. The molecule has 1 heterocycles. The predicted octanol–water partition coefficient (Wildman–Crippen LogP) is 3.35. The fraction of sp³-hybridized carbons (Fsp3) is 0.286. The second-order valence-electron chi connectivity index (χ2n) is 6.73. The summed E-state index contributed by atoms with van der Waals surface area (Å²) in [5.74, 6) is -1.61. The monoisotopic (exact) mass is 398 g/mol. The lowest BCUT2D eigenvalue weighted by atomic mass is 10.0.